The van der Waals surface area contributed by atoms with Gasteiger partial charge in [-0.1, -0.05) is 23.7 Å². The molecule has 0 aliphatic rings. The van der Waals surface area contributed by atoms with Crippen LogP contribution in [0.15, 0.2) is 42.5 Å². The first-order chi connectivity index (χ1) is 11.0. The second-order valence-corrected chi connectivity index (χ2v) is 5.06. The third-order valence-corrected chi connectivity index (χ3v) is 3.36. The van der Waals surface area contributed by atoms with Crippen LogP contribution in [0.25, 0.3) is 0 Å². The van der Waals surface area contributed by atoms with Gasteiger partial charge in [0.05, 0.1) is 22.8 Å². The molecule has 0 aromatic heterocycles. The van der Waals surface area contributed by atoms with Gasteiger partial charge in [-0.3, -0.25) is 9.59 Å². The fraction of sp³-hybridized carbons (Fsp3) is 0.125. The highest BCUT2D eigenvalue weighted by atomic mass is 35.5. The van der Waals surface area contributed by atoms with Crippen LogP contribution in [0.5, 0.6) is 0 Å². The van der Waals surface area contributed by atoms with Crippen molar-refractivity contribution in [2.75, 3.05) is 24.2 Å². The lowest BCUT2D eigenvalue weighted by Crippen LogP contribution is -2.24. The van der Waals surface area contributed by atoms with E-state index in [0.29, 0.717) is 16.9 Å². The lowest BCUT2D eigenvalue weighted by atomic mass is 10.1. The highest BCUT2D eigenvalue weighted by molar-refractivity contribution is 6.33. The molecular formula is C16H15ClFN3O2. The number of hydrogen-bond acceptors (Lipinski definition) is 3. The van der Waals surface area contributed by atoms with Crippen LogP contribution in [0.2, 0.25) is 5.02 Å². The normalized spacial score (nSPS) is 10.0. The van der Waals surface area contributed by atoms with E-state index >= 15 is 0 Å². The molecule has 0 aliphatic carbocycles. The molecule has 0 aliphatic heterocycles. The zero-order valence-corrected chi connectivity index (χ0v) is 13.1. The molecule has 0 saturated heterocycles. The Morgan fingerprint density at radius 1 is 1.13 bits per heavy atom. The fourth-order valence-electron chi connectivity index (χ4n) is 1.93. The molecule has 0 saturated carbocycles. The predicted octanol–water partition coefficient (Wildman–Crippen LogP) is 2.89. The largest absolute Gasteiger partial charge is 0.376 e. The van der Waals surface area contributed by atoms with Crippen LogP contribution in [0.1, 0.15) is 10.4 Å². The van der Waals surface area contributed by atoms with E-state index in [4.69, 9.17) is 11.6 Å². The zero-order valence-electron chi connectivity index (χ0n) is 12.3. The summed E-state index contributed by atoms with van der Waals surface area (Å²) in [7, 11) is 1.53. The van der Waals surface area contributed by atoms with Gasteiger partial charge in [-0.25, -0.2) is 4.39 Å². The van der Waals surface area contributed by atoms with Crippen molar-refractivity contribution in [3.8, 4) is 0 Å². The number of rotatable bonds is 5. The summed E-state index contributed by atoms with van der Waals surface area (Å²) in [5, 5.41) is 8.10. The maximum Gasteiger partial charge on any atom is 0.253 e. The van der Waals surface area contributed by atoms with Crippen LogP contribution in [-0.4, -0.2) is 25.4 Å². The number of para-hydroxylation sites is 1. The molecular weight excluding hydrogens is 321 g/mol. The molecule has 0 bridgehead atoms. The summed E-state index contributed by atoms with van der Waals surface area (Å²) in [6.45, 7) is -0.0677. The van der Waals surface area contributed by atoms with Crippen molar-refractivity contribution >= 4 is 34.8 Å². The first-order valence-corrected chi connectivity index (χ1v) is 7.19. The summed E-state index contributed by atoms with van der Waals surface area (Å²) >= 11 is 5.85. The number of nitrogens with one attached hydrogen (secondary N) is 3. The molecule has 23 heavy (non-hydrogen) atoms. The van der Waals surface area contributed by atoms with Gasteiger partial charge < -0.3 is 16.0 Å². The second kappa shape index (κ2) is 7.60. The topological polar surface area (TPSA) is 70.2 Å². The first-order valence-electron chi connectivity index (χ1n) is 6.81. The summed E-state index contributed by atoms with van der Waals surface area (Å²) in [5.41, 5.74) is 1.29. The summed E-state index contributed by atoms with van der Waals surface area (Å²) in [4.78, 5) is 23.7. The van der Waals surface area contributed by atoms with E-state index in [-0.39, 0.29) is 23.4 Å². The van der Waals surface area contributed by atoms with Crippen molar-refractivity contribution in [1.29, 1.82) is 0 Å². The van der Waals surface area contributed by atoms with Crippen molar-refractivity contribution in [3.63, 3.8) is 0 Å². The molecule has 0 unspecified atom stereocenters. The molecule has 3 N–H and O–H groups in total. The Morgan fingerprint density at radius 2 is 1.87 bits per heavy atom. The van der Waals surface area contributed by atoms with Crippen LogP contribution in [0.3, 0.4) is 0 Å². The molecule has 5 nitrogen and oxygen atoms in total. The minimum atomic E-state index is -0.481. The number of amides is 2. The SMILES string of the molecule is CNC(=O)c1ccccc1NCC(=O)Nc1ccc(F)cc1Cl. The summed E-state index contributed by atoms with van der Waals surface area (Å²) < 4.78 is 13.0. The fourth-order valence-corrected chi connectivity index (χ4v) is 2.15. The molecule has 0 fully saturated rings. The number of anilines is 2. The number of carbonyl (C=O) groups is 2. The van der Waals surface area contributed by atoms with Crippen molar-refractivity contribution in [2.24, 2.45) is 0 Å². The Hall–Kier alpha value is -2.60. The minimum absolute atomic E-state index is 0.0677. The maximum absolute atomic E-state index is 13.0. The Labute approximate surface area is 137 Å². The van der Waals surface area contributed by atoms with E-state index in [9.17, 15) is 14.0 Å². The zero-order chi connectivity index (χ0) is 16.8. The van der Waals surface area contributed by atoms with Crippen molar-refractivity contribution in [3.05, 3.63) is 58.9 Å². The molecule has 2 amide bonds. The number of benzene rings is 2. The van der Waals surface area contributed by atoms with Crippen molar-refractivity contribution in [1.82, 2.24) is 5.32 Å². The van der Waals surface area contributed by atoms with Crippen LogP contribution in [-0.2, 0) is 4.79 Å². The number of carbonyl (C=O) groups excluding carboxylic acids is 2. The predicted molar refractivity (Wildman–Crippen MR) is 88.4 cm³/mol. The molecule has 7 heteroatoms. The molecule has 120 valence electrons. The molecule has 2 rings (SSSR count). The molecule has 0 radical (unpaired) electrons. The van der Waals surface area contributed by atoms with Gasteiger partial charge in [0, 0.05) is 12.7 Å². The van der Waals surface area contributed by atoms with Gasteiger partial charge in [0.25, 0.3) is 5.91 Å². The average molecular weight is 336 g/mol. The van der Waals surface area contributed by atoms with Gasteiger partial charge in [0.2, 0.25) is 5.91 Å². The van der Waals surface area contributed by atoms with E-state index in [0.717, 1.165) is 6.07 Å². The van der Waals surface area contributed by atoms with Crippen LogP contribution in [0, 0.1) is 5.82 Å². The van der Waals surface area contributed by atoms with Gasteiger partial charge in [0.15, 0.2) is 0 Å². The van der Waals surface area contributed by atoms with Crippen molar-refractivity contribution < 1.29 is 14.0 Å². The summed E-state index contributed by atoms with van der Waals surface area (Å²) in [6, 6.07) is 10.5. The smallest absolute Gasteiger partial charge is 0.253 e. The Balaban J connectivity index is 2.01. The molecule has 0 spiro atoms. The molecule has 2 aromatic carbocycles. The van der Waals surface area contributed by atoms with Gasteiger partial charge in [0.1, 0.15) is 5.82 Å². The van der Waals surface area contributed by atoms with E-state index < -0.39 is 5.82 Å². The molecule has 0 heterocycles. The van der Waals surface area contributed by atoms with E-state index in [1.54, 1.807) is 24.3 Å². The third kappa shape index (κ3) is 4.43. The van der Waals surface area contributed by atoms with Crippen molar-refractivity contribution in [2.45, 2.75) is 0 Å². The van der Waals surface area contributed by atoms with E-state index in [1.807, 2.05) is 0 Å². The summed E-state index contributed by atoms with van der Waals surface area (Å²) in [6.07, 6.45) is 0. The number of hydrogen-bond donors (Lipinski definition) is 3. The molecule has 0 atom stereocenters. The average Bonchev–Trinajstić information content (AvgIpc) is 2.55. The third-order valence-electron chi connectivity index (χ3n) is 3.04. The minimum Gasteiger partial charge on any atom is -0.376 e. The first kappa shape index (κ1) is 16.8. The Morgan fingerprint density at radius 3 is 2.57 bits per heavy atom. The Bertz CT molecular complexity index is 737. The lowest BCUT2D eigenvalue weighted by Gasteiger charge is -2.12. The van der Waals surface area contributed by atoms with Gasteiger partial charge in [-0.2, -0.15) is 0 Å². The Kier molecular flexibility index (Phi) is 5.54. The highest BCUT2D eigenvalue weighted by Gasteiger charge is 2.11. The maximum atomic E-state index is 13.0. The lowest BCUT2D eigenvalue weighted by molar-refractivity contribution is -0.114. The number of halogens is 2. The monoisotopic (exact) mass is 335 g/mol. The standard InChI is InChI=1S/C16H15ClFN3O2/c1-19-16(23)11-4-2-3-5-13(11)20-9-15(22)21-14-7-6-10(18)8-12(14)17/h2-8,20H,9H2,1H3,(H,19,23)(H,21,22). The van der Waals surface area contributed by atoms with Crippen LogP contribution >= 0.6 is 11.6 Å². The second-order valence-electron chi connectivity index (χ2n) is 4.65. The quantitative estimate of drug-likeness (QED) is 0.787. The van der Waals surface area contributed by atoms with Crippen LogP contribution in [0.4, 0.5) is 15.8 Å². The van der Waals surface area contributed by atoms with Gasteiger partial charge in [-0.15, -0.1) is 0 Å². The highest BCUT2D eigenvalue weighted by Crippen LogP contribution is 2.22. The van der Waals surface area contributed by atoms with E-state index in [2.05, 4.69) is 16.0 Å². The summed E-state index contributed by atoms with van der Waals surface area (Å²) in [5.74, 6) is -1.11. The van der Waals surface area contributed by atoms with Gasteiger partial charge in [-0.05, 0) is 30.3 Å². The van der Waals surface area contributed by atoms with Gasteiger partial charge >= 0.3 is 0 Å². The van der Waals surface area contributed by atoms with Crippen LogP contribution < -0.4 is 16.0 Å². The van der Waals surface area contributed by atoms with E-state index in [1.165, 1.54) is 19.2 Å². The molecule has 2 aromatic rings.